The van der Waals surface area contributed by atoms with Gasteiger partial charge in [-0.25, -0.2) is 8.42 Å². The second-order valence-corrected chi connectivity index (χ2v) is 10.1. The Morgan fingerprint density at radius 3 is 2.41 bits per heavy atom. The third-order valence-corrected chi connectivity index (χ3v) is 7.23. The summed E-state index contributed by atoms with van der Waals surface area (Å²) in [5, 5.41) is 3.26. The number of halogens is 2. The van der Waals surface area contributed by atoms with Gasteiger partial charge in [0.2, 0.25) is 15.9 Å². The molecule has 2 rings (SSSR count). The SMILES string of the molecule is CSCCC(NS(=O)(=O)c1ccc(Cl)c(Cl)c1)C(=O)NCC(C)c1ccccc1. The van der Waals surface area contributed by atoms with Crippen LogP contribution >= 0.6 is 35.0 Å². The lowest BCUT2D eigenvalue weighted by atomic mass is 10.0. The van der Waals surface area contributed by atoms with Crippen molar-refractivity contribution >= 4 is 50.9 Å². The van der Waals surface area contributed by atoms with Gasteiger partial charge in [0.15, 0.2) is 0 Å². The number of nitrogens with one attached hydrogen (secondary N) is 2. The molecule has 0 aromatic heterocycles. The minimum Gasteiger partial charge on any atom is -0.354 e. The highest BCUT2D eigenvalue weighted by Crippen LogP contribution is 2.25. The number of hydrogen-bond acceptors (Lipinski definition) is 4. The van der Waals surface area contributed by atoms with Gasteiger partial charge < -0.3 is 5.32 Å². The summed E-state index contributed by atoms with van der Waals surface area (Å²) >= 11 is 13.3. The van der Waals surface area contributed by atoms with Crippen LogP contribution in [-0.4, -0.2) is 38.9 Å². The van der Waals surface area contributed by atoms with Crippen molar-refractivity contribution in [2.45, 2.75) is 30.2 Å². The van der Waals surface area contributed by atoms with Gasteiger partial charge in [0.25, 0.3) is 0 Å². The Kier molecular flexibility index (Phi) is 9.30. The van der Waals surface area contributed by atoms with Crippen LogP contribution in [0.1, 0.15) is 24.8 Å². The standard InChI is InChI=1S/C20H24Cl2N2O3S2/c1-14(15-6-4-3-5-7-15)13-23-20(25)19(10-11-28-2)24-29(26,27)16-8-9-17(21)18(22)12-16/h3-9,12,14,19,24H,10-11,13H2,1-2H3,(H,23,25). The second kappa shape index (κ2) is 11.2. The molecular formula is C20H24Cl2N2O3S2. The number of amides is 1. The molecule has 0 aliphatic carbocycles. The second-order valence-electron chi connectivity index (χ2n) is 6.59. The first kappa shape index (κ1) is 24.0. The number of hydrogen-bond donors (Lipinski definition) is 2. The molecule has 0 saturated heterocycles. The minimum atomic E-state index is -3.93. The molecule has 2 atom stereocenters. The van der Waals surface area contributed by atoms with E-state index in [1.165, 1.54) is 18.2 Å². The number of sulfonamides is 1. The molecule has 0 spiro atoms. The molecule has 158 valence electrons. The molecule has 0 radical (unpaired) electrons. The van der Waals surface area contributed by atoms with Crippen molar-refractivity contribution in [3.63, 3.8) is 0 Å². The van der Waals surface area contributed by atoms with E-state index in [2.05, 4.69) is 10.0 Å². The minimum absolute atomic E-state index is 0.0356. The number of thioether (sulfide) groups is 1. The Hall–Kier alpha value is -1.25. The molecule has 0 saturated carbocycles. The zero-order valence-corrected chi connectivity index (χ0v) is 19.3. The van der Waals surface area contributed by atoms with E-state index >= 15 is 0 Å². The van der Waals surface area contributed by atoms with Crippen molar-refractivity contribution in [3.8, 4) is 0 Å². The van der Waals surface area contributed by atoms with Crippen LogP contribution in [0.2, 0.25) is 10.0 Å². The van der Waals surface area contributed by atoms with Gasteiger partial charge in [0.05, 0.1) is 14.9 Å². The van der Waals surface area contributed by atoms with Gasteiger partial charge in [-0.05, 0) is 48.1 Å². The van der Waals surface area contributed by atoms with Gasteiger partial charge in [0.1, 0.15) is 6.04 Å². The Balaban J connectivity index is 2.08. The predicted molar refractivity (Wildman–Crippen MR) is 121 cm³/mol. The maximum atomic E-state index is 12.7. The van der Waals surface area contributed by atoms with Crippen molar-refractivity contribution in [1.29, 1.82) is 0 Å². The number of rotatable bonds is 10. The maximum absolute atomic E-state index is 12.7. The first-order valence-electron chi connectivity index (χ1n) is 9.03. The molecule has 0 aliphatic heterocycles. The third-order valence-electron chi connectivity index (χ3n) is 4.38. The smallest absolute Gasteiger partial charge is 0.241 e. The van der Waals surface area contributed by atoms with Crippen LogP contribution in [0.3, 0.4) is 0 Å². The van der Waals surface area contributed by atoms with E-state index in [0.717, 1.165) is 5.56 Å². The third kappa shape index (κ3) is 7.19. The fourth-order valence-electron chi connectivity index (χ4n) is 2.65. The highest BCUT2D eigenvalue weighted by Gasteiger charge is 2.26. The molecule has 2 N–H and O–H groups in total. The van der Waals surface area contributed by atoms with Crippen LogP contribution in [0.25, 0.3) is 0 Å². The lowest BCUT2D eigenvalue weighted by Crippen LogP contribution is -2.47. The lowest BCUT2D eigenvalue weighted by molar-refractivity contribution is -0.122. The summed E-state index contributed by atoms with van der Waals surface area (Å²) in [7, 11) is -3.93. The van der Waals surface area contributed by atoms with E-state index in [1.807, 2.05) is 43.5 Å². The summed E-state index contributed by atoms with van der Waals surface area (Å²) in [6.45, 7) is 2.42. The number of carbonyl (C=O) groups is 1. The molecule has 9 heteroatoms. The lowest BCUT2D eigenvalue weighted by Gasteiger charge is -2.20. The van der Waals surface area contributed by atoms with Gasteiger partial charge in [-0.1, -0.05) is 60.5 Å². The number of benzene rings is 2. The van der Waals surface area contributed by atoms with Gasteiger partial charge in [-0.3, -0.25) is 4.79 Å². The average molecular weight is 475 g/mol. The molecule has 0 heterocycles. The fourth-order valence-corrected chi connectivity index (χ4v) is 4.74. The van der Waals surface area contributed by atoms with E-state index in [9.17, 15) is 13.2 Å². The van der Waals surface area contributed by atoms with Gasteiger partial charge >= 0.3 is 0 Å². The summed E-state index contributed by atoms with van der Waals surface area (Å²) in [5.74, 6) is 0.384. The molecule has 0 aliphatic rings. The van der Waals surface area contributed by atoms with E-state index in [0.29, 0.717) is 18.7 Å². The number of carbonyl (C=O) groups excluding carboxylic acids is 1. The fraction of sp³-hybridized carbons (Fsp3) is 0.350. The van der Waals surface area contributed by atoms with E-state index < -0.39 is 16.1 Å². The Morgan fingerprint density at radius 1 is 1.10 bits per heavy atom. The zero-order valence-electron chi connectivity index (χ0n) is 16.2. The molecule has 2 aromatic rings. The first-order valence-corrected chi connectivity index (χ1v) is 12.7. The molecule has 2 aromatic carbocycles. The average Bonchev–Trinajstić information content (AvgIpc) is 2.71. The first-order chi connectivity index (χ1) is 13.7. The van der Waals surface area contributed by atoms with Crippen molar-refractivity contribution in [3.05, 3.63) is 64.1 Å². The van der Waals surface area contributed by atoms with Crippen LogP contribution in [-0.2, 0) is 14.8 Å². The van der Waals surface area contributed by atoms with Crippen LogP contribution in [0.15, 0.2) is 53.4 Å². The van der Waals surface area contributed by atoms with E-state index in [1.54, 1.807) is 11.8 Å². The molecule has 1 amide bonds. The normalized spacial score (nSPS) is 13.7. The molecule has 2 unspecified atom stereocenters. The molecule has 0 fully saturated rings. The predicted octanol–water partition coefficient (Wildman–Crippen LogP) is 4.31. The Morgan fingerprint density at radius 2 is 1.79 bits per heavy atom. The van der Waals surface area contributed by atoms with Gasteiger partial charge in [0, 0.05) is 6.54 Å². The highest BCUT2D eigenvalue weighted by atomic mass is 35.5. The van der Waals surface area contributed by atoms with E-state index in [-0.39, 0.29) is 26.8 Å². The largest absolute Gasteiger partial charge is 0.354 e. The van der Waals surface area contributed by atoms with Crippen LogP contribution < -0.4 is 10.0 Å². The van der Waals surface area contributed by atoms with Crippen molar-refractivity contribution < 1.29 is 13.2 Å². The molecule has 5 nitrogen and oxygen atoms in total. The Labute approximate surface area is 186 Å². The summed E-state index contributed by atoms with van der Waals surface area (Å²) in [5.41, 5.74) is 1.10. The molecule has 29 heavy (non-hydrogen) atoms. The van der Waals surface area contributed by atoms with E-state index in [4.69, 9.17) is 23.2 Å². The summed E-state index contributed by atoms with van der Waals surface area (Å²) in [6, 6.07) is 13.0. The topological polar surface area (TPSA) is 75.3 Å². The summed E-state index contributed by atoms with van der Waals surface area (Å²) in [6.07, 6.45) is 2.27. The highest BCUT2D eigenvalue weighted by molar-refractivity contribution is 7.98. The van der Waals surface area contributed by atoms with Gasteiger partial charge in [-0.2, -0.15) is 16.5 Å². The zero-order chi connectivity index (χ0) is 21.4. The maximum Gasteiger partial charge on any atom is 0.241 e. The Bertz CT molecular complexity index is 925. The monoisotopic (exact) mass is 474 g/mol. The quantitative estimate of drug-likeness (QED) is 0.537. The van der Waals surface area contributed by atoms with Crippen LogP contribution in [0, 0.1) is 0 Å². The van der Waals surface area contributed by atoms with Crippen LogP contribution in [0.4, 0.5) is 0 Å². The summed E-state index contributed by atoms with van der Waals surface area (Å²) < 4.78 is 28.0. The van der Waals surface area contributed by atoms with Gasteiger partial charge in [-0.15, -0.1) is 0 Å². The molecule has 0 bridgehead atoms. The van der Waals surface area contributed by atoms with Crippen LogP contribution in [0.5, 0.6) is 0 Å². The van der Waals surface area contributed by atoms with Crippen molar-refractivity contribution in [2.75, 3.05) is 18.6 Å². The molecular weight excluding hydrogens is 451 g/mol. The van der Waals surface area contributed by atoms with Crippen molar-refractivity contribution in [1.82, 2.24) is 10.0 Å². The van der Waals surface area contributed by atoms with Crippen molar-refractivity contribution in [2.24, 2.45) is 0 Å². The summed E-state index contributed by atoms with van der Waals surface area (Å²) in [4.78, 5) is 12.7.